The molecule has 47 valence electrons. The first-order valence-electron chi connectivity index (χ1n) is 2.18. The Hall–Kier alpha value is -0.106. The van der Waals surface area contributed by atoms with E-state index in [-0.39, 0.29) is 0 Å². The molecular formula is C6H4ClOV-. The van der Waals surface area contributed by atoms with Crippen LogP contribution in [0.25, 0.3) is 0 Å². The summed E-state index contributed by atoms with van der Waals surface area (Å²) in [5.74, 6) is 0. The third kappa shape index (κ3) is 5.77. The van der Waals surface area contributed by atoms with Gasteiger partial charge in [-0.3, -0.25) is 0 Å². The van der Waals surface area contributed by atoms with Crippen molar-refractivity contribution in [2.45, 2.75) is 0 Å². The predicted octanol–water partition coefficient (Wildman–Crippen LogP) is 1.02. The molecule has 0 aliphatic rings. The first-order valence-corrected chi connectivity index (χ1v) is 3.36. The quantitative estimate of drug-likeness (QED) is 0.273. The van der Waals surface area contributed by atoms with Gasteiger partial charge in [0.15, 0.2) is 0 Å². The molecule has 0 unspecified atom stereocenters. The van der Waals surface area contributed by atoms with E-state index in [2.05, 4.69) is 23.1 Å². The third-order valence-corrected chi connectivity index (χ3v) is 1.03. The van der Waals surface area contributed by atoms with Gasteiger partial charge in [-0.1, -0.05) is 0 Å². The van der Waals surface area contributed by atoms with Crippen molar-refractivity contribution in [3.05, 3.63) is 23.3 Å². The molecule has 0 heterocycles. The molecule has 0 aliphatic heterocycles. The van der Waals surface area contributed by atoms with Crippen LogP contribution in [0.15, 0.2) is 17.2 Å². The van der Waals surface area contributed by atoms with Crippen molar-refractivity contribution < 1.29 is 21.8 Å². The second-order valence-electron chi connectivity index (χ2n) is 1.12. The van der Waals surface area contributed by atoms with Gasteiger partial charge in [0.05, 0.1) is 0 Å². The van der Waals surface area contributed by atoms with E-state index in [1.165, 1.54) is 0 Å². The SMILES string of the molecule is O=C[C-]=C(Cl)/C=C\[CH]=[V]. The molecule has 9 heavy (non-hydrogen) atoms. The molecule has 0 aromatic carbocycles. The summed E-state index contributed by atoms with van der Waals surface area (Å²) in [5, 5.41) is 0.312. The van der Waals surface area contributed by atoms with Gasteiger partial charge in [0.25, 0.3) is 0 Å². The van der Waals surface area contributed by atoms with E-state index in [1.807, 2.05) is 0 Å². The number of rotatable bonds is 3. The third-order valence-electron chi connectivity index (χ3n) is 0.525. The van der Waals surface area contributed by atoms with Crippen molar-refractivity contribution in [1.82, 2.24) is 0 Å². The Morgan fingerprint density at radius 3 is 2.78 bits per heavy atom. The van der Waals surface area contributed by atoms with Crippen LogP contribution >= 0.6 is 11.6 Å². The van der Waals surface area contributed by atoms with Crippen LogP contribution in [-0.4, -0.2) is 11.0 Å². The van der Waals surface area contributed by atoms with Gasteiger partial charge >= 0.3 is 67.7 Å². The molecule has 0 spiro atoms. The number of carbonyl (C=O) groups excluding carboxylic acids is 1. The van der Waals surface area contributed by atoms with Crippen LogP contribution in [0.4, 0.5) is 0 Å². The number of allylic oxidation sites excluding steroid dienone is 4. The van der Waals surface area contributed by atoms with E-state index in [1.54, 1.807) is 16.9 Å². The molecular weight excluding hydrogens is 174 g/mol. The van der Waals surface area contributed by atoms with Gasteiger partial charge in [0, 0.05) is 0 Å². The van der Waals surface area contributed by atoms with Crippen molar-refractivity contribution in [3.63, 3.8) is 0 Å². The summed E-state index contributed by atoms with van der Waals surface area (Å²) in [4.78, 5) is 9.71. The maximum atomic E-state index is 9.71. The number of aldehydes is 1. The number of hydrogen-bond acceptors (Lipinski definition) is 1. The van der Waals surface area contributed by atoms with Crippen LogP contribution in [0.1, 0.15) is 0 Å². The fourth-order valence-electron chi connectivity index (χ4n) is 0.232. The number of hydrogen-bond donors (Lipinski definition) is 0. The van der Waals surface area contributed by atoms with Crippen molar-refractivity contribution in [3.8, 4) is 0 Å². The van der Waals surface area contributed by atoms with Gasteiger partial charge in [-0.05, 0) is 0 Å². The van der Waals surface area contributed by atoms with Crippen molar-refractivity contribution in [2.24, 2.45) is 0 Å². The van der Waals surface area contributed by atoms with E-state index >= 15 is 0 Å². The number of halogens is 1. The molecule has 0 saturated carbocycles. The Balaban J connectivity index is 3.88. The zero-order valence-corrected chi connectivity index (χ0v) is 6.70. The van der Waals surface area contributed by atoms with E-state index in [0.717, 1.165) is 0 Å². The monoisotopic (exact) mass is 178 g/mol. The minimum atomic E-state index is 0.312. The Kier molecular flexibility index (Phi) is 5.95. The van der Waals surface area contributed by atoms with Crippen molar-refractivity contribution in [1.29, 1.82) is 0 Å². The van der Waals surface area contributed by atoms with Crippen LogP contribution < -0.4 is 0 Å². The molecule has 1 nitrogen and oxygen atoms in total. The molecule has 0 bridgehead atoms. The van der Waals surface area contributed by atoms with Crippen LogP contribution in [0.5, 0.6) is 0 Å². The fourth-order valence-corrected chi connectivity index (χ4v) is 0.484. The molecule has 0 aromatic heterocycles. The molecule has 0 amide bonds. The topological polar surface area (TPSA) is 17.1 Å². The molecule has 0 saturated heterocycles. The molecule has 3 heteroatoms. The van der Waals surface area contributed by atoms with Gasteiger partial charge in [-0.25, -0.2) is 0 Å². The summed E-state index contributed by atoms with van der Waals surface area (Å²) in [6, 6.07) is 0. The Bertz CT molecular complexity index is 160. The molecule has 0 fully saturated rings. The standard InChI is InChI=1S/C6H4ClO.V/c1-2-3-6(7)4-5-8;/h1-3,5H;/q-1;/b3-2-;. The van der Waals surface area contributed by atoms with Gasteiger partial charge < -0.3 is 0 Å². The first-order chi connectivity index (χ1) is 4.31. The van der Waals surface area contributed by atoms with E-state index < -0.39 is 0 Å². The summed E-state index contributed by atoms with van der Waals surface area (Å²) < 4.78 is 1.75. The zero-order chi connectivity index (χ0) is 7.11. The van der Waals surface area contributed by atoms with E-state index in [4.69, 9.17) is 11.6 Å². The fraction of sp³-hybridized carbons (Fsp3) is 0. The summed E-state index contributed by atoms with van der Waals surface area (Å²) in [6.07, 6.45) is 6.08. The average molecular weight is 178 g/mol. The van der Waals surface area contributed by atoms with E-state index in [0.29, 0.717) is 11.3 Å². The minimum absolute atomic E-state index is 0.312. The van der Waals surface area contributed by atoms with Crippen LogP contribution in [0.2, 0.25) is 0 Å². The zero-order valence-electron chi connectivity index (χ0n) is 4.54. The molecule has 0 aromatic rings. The second kappa shape index (κ2) is 6.02. The van der Waals surface area contributed by atoms with Gasteiger partial charge in [-0.2, -0.15) is 0 Å². The number of carbonyl (C=O) groups is 1. The molecule has 0 aliphatic carbocycles. The molecule has 0 radical (unpaired) electrons. The van der Waals surface area contributed by atoms with Gasteiger partial charge in [0.1, 0.15) is 0 Å². The maximum absolute atomic E-state index is 9.71. The Morgan fingerprint density at radius 1 is 1.67 bits per heavy atom. The van der Waals surface area contributed by atoms with Crippen LogP contribution in [0, 0.1) is 6.08 Å². The predicted molar refractivity (Wildman–Crippen MR) is 33.9 cm³/mol. The van der Waals surface area contributed by atoms with Gasteiger partial charge in [-0.15, -0.1) is 0 Å². The summed E-state index contributed by atoms with van der Waals surface area (Å²) >= 11 is 7.67. The van der Waals surface area contributed by atoms with Crippen molar-refractivity contribution >= 4 is 22.6 Å². The summed E-state index contributed by atoms with van der Waals surface area (Å²) in [6.45, 7) is 0. The van der Waals surface area contributed by atoms with Crippen molar-refractivity contribution in [2.75, 3.05) is 0 Å². The Labute approximate surface area is 67.9 Å². The van der Waals surface area contributed by atoms with E-state index in [9.17, 15) is 4.79 Å². The van der Waals surface area contributed by atoms with Crippen LogP contribution in [-0.2, 0) is 21.8 Å². The summed E-state index contributed by atoms with van der Waals surface area (Å²) in [7, 11) is 0. The second-order valence-corrected chi connectivity index (χ2v) is 1.99. The molecule has 0 rings (SSSR count). The molecule has 0 atom stereocenters. The Morgan fingerprint density at radius 2 is 2.33 bits per heavy atom. The molecule has 0 N–H and O–H groups in total. The van der Waals surface area contributed by atoms with Crippen LogP contribution in [0.3, 0.4) is 0 Å². The van der Waals surface area contributed by atoms with Gasteiger partial charge in [0.2, 0.25) is 0 Å². The normalized spacial score (nSPS) is 11.8. The average Bonchev–Trinajstić information content (AvgIpc) is 1.85. The first kappa shape index (κ1) is 8.89. The summed E-state index contributed by atoms with van der Waals surface area (Å²) in [5.41, 5.74) is 0.